The van der Waals surface area contributed by atoms with Crippen molar-refractivity contribution < 1.29 is 0 Å². The van der Waals surface area contributed by atoms with E-state index in [0.29, 0.717) is 5.25 Å². The monoisotopic (exact) mass is 143 g/mol. The van der Waals surface area contributed by atoms with Crippen molar-refractivity contribution in [1.82, 2.24) is 0 Å². The molecule has 1 fully saturated rings. The van der Waals surface area contributed by atoms with E-state index in [2.05, 4.69) is 19.6 Å². The summed E-state index contributed by atoms with van der Waals surface area (Å²) in [5.74, 6) is 0.876. The van der Waals surface area contributed by atoms with Crippen LogP contribution in [-0.2, 0) is 0 Å². The third-order valence-corrected chi connectivity index (χ3v) is 2.63. The van der Waals surface area contributed by atoms with Crippen LogP contribution >= 0.6 is 12.6 Å². The molecule has 0 heterocycles. The lowest BCUT2D eigenvalue weighted by atomic mass is 9.87. The maximum Gasteiger partial charge on any atom is 0.00194 e. The molecule has 2 unspecified atom stereocenters. The van der Waals surface area contributed by atoms with Gasteiger partial charge in [0.05, 0.1) is 0 Å². The first-order chi connectivity index (χ1) is 4.33. The van der Waals surface area contributed by atoms with E-state index < -0.39 is 0 Å². The minimum absolute atomic E-state index is 0.672. The van der Waals surface area contributed by atoms with Crippen LogP contribution in [0.3, 0.4) is 0 Å². The molecule has 0 nitrogen and oxygen atoms in total. The average Bonchev–Trinajstić information content (AvgIpc) is 1.88. The average molecular weight is 143 g/mol. The third kappa shape index (κ3) is 2.21. The second-order valence-corrected chi connectivity index (χ2v) is 3.71. The van der Waals surface area contributed by atoms with E-state index in [9.17, 15) is 0 Å². The molecule has 0 spiro atoms. The first kappa shape index (κ1) is 7.46. The van der Waals surface area contributed by atoms with Gasteiger partial charge in [-0.05, 0) is 18.8 Å². The summed E-state index contributed by atoms with van der Waals surface area (Å²) in [6, 6.07) is 0. The summed E-state index contributed by atoms with van der Waals surface area (Å²) in [6.45, 7) is 3.91. The minimum atomic E-state index is 0.672. The molecule has 0 N–H and O–H groups in total. The van der Waals surface area contributed by atoms with Gasteiger partial charge in [0.15, 0.2) is 0 Å². The van der Waals surface area contributed by atoms with Crippen LogP contribution in [0, 0.1) is 12.8 Å². The van der Waals surface area contributed by atoms with Gasteiger partial charge < -0.3 is 0 Å². The maximum atomic E-state index is 4.45. The standard InChI is InChI=1S/C8H15S/c1-2-7-4-3-5-8(9)6-7/h7-9H,1-6H2. The van der Waals surface area contributed by atoms with Gasteiger partial charge in [0.2, 0.25) is 0 Å². The van der Waals surface area contributed by atoms with Crippen LogP contribution < -0.4 is 0 Å². The van der Waals surface area contributed by atoms with E-state index in [1.54, 1.807) is 0 Å². The molecule has 1 radical (unpaired) electrons. The number of hydrogen-bond donors (Lipinski definition) is 1. The zero-order chi connectivity index (χ0) is 6.69. The van der Waals surface area contributed by atoms with E-state index in [-0.39, 0.29) is 0 Å². The molecule has 2 atom stereocenters. The van der Waals surface area contributed by atoms with Gasteiger partial charge in [0.1, 0.15) is 0 Å². The van der Waals surface area contributed by atoms with E-state index in [4.69, 9.17) is 0 Å². The Kier molecular flexibility index (Phi) is 2.90. The fourth-order valence-electron chi connectivity index (χ4n) is 1.52. The summed E-state index contributed by atoms with van der Waals surface area (Å²) in [5, 5.41) is 0.672. The van der Waals surface area contributed by atoms with Crippen LogP contribution in [0.5, 0.6) is 0 Å². The normalized spacial score (nSPS) is 36.7. The van der Waals surface area contributed by atoms with Crippen molar-refractivity contribution >= 4 is 12.6 Å². The van der Waals surface area contributed by atoms with Gasteiger partial charge >= 0.3 is 0 Å². The van der Waals surface area contributed by atoms with Crippen molar-refractivity contribution in [3.8, 4) is 0 Å². The molecular weight excluding hydrogens is 128 g/mol. The van der Waals surface area contributed by atoms with Crippen molar-refractivity contribution in [2.45, 2.75) is 37.4 Å². The van der Waals surface area contributed by atoms with Gasteiger partial charge in [-0.15, -0.1) is 0 Å². The van der Waals surface area contributed by atoms with Gasteiger partial charge in [-0.3, -0.25) is 0 Å². The highest BCUT2D eigenvalue weighted by atomic mass is 32.1. The number of thiol groups is 1. The topological polar surface area (TPSA) is 0 Å². The van der Waals surface area contributed by atoms with Gasteiger partial charge in [0, 0.05) is 5.25 Å². The summed E-state index contributed by atoms with van der Waals surface area (Å²) >= 11 is 4.45. The molecule has 0 saturated heterocycles. The Balaban J connectivity index is 2.23. The Morgan fingerprint density at radius 3 is 2.67 bits per heavy atom. The molecule has 1 rings (SSSR count). The van der Waals surface area contributed by atoms with E-state index >= 15 is 0 Å². The predicted molar refractivity (Wildman–Crippen MR) is 44.7 cm³/mol. The highest BCUT2D eigenvalue weighted by Crippen LogP contribution is 2.28. The Morgan fingerprint density at radius 2 is 2.22 bits per heavy atom. The summed E-state index contributed by atoms with van der Waals surface area (Å²) in [5.41, 5.74) is 0. The van der Waals surface area contributed by atoms with E-state index in [1.165, 1.54) is 25.7 Å². The number of rotatable bonds is 1. The quantitative estimate of drug-likeness (QED) is 0.536. The molecular formula is C8H15S. The first-order valence-corrected chi connectivity index (χ1v) is 4.32. The van der Waals surface area contributed by atoms with E-state index in [1.807, 2.05) is 0 Å². The molecule has 0 aromatic heterocycles. The van der Waals surface area contributed by atoms with Crippen molar-refractivity contribution in [2.75, 3.05) is 0 Å². The molecule has 1 aliphatic carbocycles. The van der Waals surface area contributed by atoms with Gasteiger partial charge in [-0.2, -0.15) is 12.6 Å². The Bertz CT molecular complexity index is 80.6. The second kappa shape index (κ2) is 3.50. The van der Waals surface area contributed by atoms with Gasteiger partial charge in [0.25, 0.3) is 0 Å². The Labute approximate surface area is 63.4 Å². The summed E-state index contributed by atoms with van der Waals surface area (Å²) < 4.78 is 0. The summed E-state index contributed by atoms with van der Waals surface area (Å²) in [4.78, 5) is 0. The smallest absolute Gasteiger partial charge is 0.00194 e. The SMILES string of the molecule is [CH2]CC1CCCC(S)C1. The van der Waals surface area contributed by atoms with E-state index in [0.717, 1.165) is 12.3 Å². The lowest BCUT2D eigenvalue weighted by Gasteiger charge is -2.24. The molecule has 9 heavy (non-hydrogen) atoms. The van der Waals surface area contributed by atoms with Crippen LogP contribution in [0.2, 0.25) is 0 Å². The van der Waals surface area contributed by atoms with Crippen LogP contribution in [0.1, 0.15) is 32.1 Å². The Hall–Kier alpha value is 0.350. The summed E-state index contributed by atoms with van der Waals surface area (Å²) in [7, 11) is 0. The molecule has 1 saturated carbocycles. The summed E-state index contributed by atoms with van der Waals surface area (Å²) in [6.07, 6.45) is 6.48. The fraction of sp³-hybridized carbons (Fsp3) is 0.875. The third-order valence-electron chi connectivity index (χ3n) is 2.16. The van der Waals surface area contributed by atoms with Crippen molar-refractivity contribution in [3.63, 3.8) is 0 Å². The highest BCUT2D eigenvalue weighted by Gasteiger charge is 2.16. The molecule has 1 heteroatoms. The molecule has 0 amide bonds. The van der Waals surface area contributed by atoms with Crippen LogP contribution in [0.15, 0.2) is 0 Å². The van der Waals surface area contributed by atoms with Crippen molar-refractivity contribution in [3.05, 3.63) is 6.92 Å². The fourth-order valence-corrected chi connectivity index (χ4v) is 2.01. The Morgan fingerprint density at radius 1 is 1.44 bits per heavy atom. The van der Waals surface area contributed by atoms with Crippen molar-refractivity contribution in [2.24, 2.45) is 5.92 Å². The highest BCUT2D eigenvalue weighted by molar-refractivity contribution is 7.80. The molecule has 0 aliphatic heterocycles. The van der Waals surface area contributed by atoms with Gasteiger partial charge in [-0.1, -0.05) is 26.2 Å². The second-order valence-electron chi connectivity index (χ2n) is 2.98. The minimum Gasteiger partial charge on any atom is -0.176 e. The largest absolute Gasteiger partial charge is 0.176 e. The predicted octanol–water partition coefficient (Wildman–Crippen LogP) is 2.70. The molecule has 53 valence electrons. The van der Waals surface area contributed by atoms with Gasteiger partial charge in [-0.25, -0.2) is 0 Å². The molecule has 0 aromatic carbocycles. The lowest BCUT2D eigenvalue weighted by molar-refractivity contribution is 0.370. The zero-order valence-electron chi connectivity index (χ0n) is 5.84. The molecule has 1 aliphatic rings. The zero-order valence-corrected chi connectivity index (χ0v) is 6.74. The van der Waals surface area contributed by atoms with Crippen LogP contribution in [-0.4, -0.2) is 5.25 Å². The van der Waals surface area contributed by atoms with Crippen molar-refractivity contribution in [1.29, 1.82) is 0 Å². The van der Waals surface area contributed by atoms with Crippen LogP contribution in [0.4, 0.5) is 0 Å². The number of hydrogen-bond acceptors (Lipinski definition) is 1. The molecule has 0 bridgehead atoms. The van der Waals surface area contributed by atoms with Crippen LogP contribution in [0.25, 0.3) is 0 Å². The first-order valence-electron chi connectivity index (χ1n) is 3.80. The maximum absolute atomic E-state index is 4.45. The lowest BCUT2D eigenvalue weighted by Crippen LogP contribution is -2.14. The molecule has 0 aromatic rings.